The SMILES string of the molecule is CC(C)C1(C(B2OC(C)(C)C(C)(C)O2)C2CC2)CC(=O)C1. The van der Waals surface area contributed by atoms with E-state index in [0.29, 0.717) is 23.4 Å². The smallest absolute Gasteiger partial charge is 0.403 e. The molecule has 1 saturated heterocycles. The first-order valence-corrected chi connectivity index (χ1v) is 8.46. The van der Waals surface area contributed by atoms with E-state index in [4.69, 9.17) is 9.31 Å². The molecule has 0 radical (unpaired) electrons. The predicted octanol–water partition coefficient (Wildman–Crippen LogP) is 3.86. The molecule has 1 aliphatic heterocycles. The maximum Gasteiger partial charge on any atom is 0.462 e. The van der Waals surface area contributed by atoms with Crippen molar-refractivity contribution in [2.24, 2.45) is 17.3 Å². The van der Waals surface area contributed by atoms with Crippen LogP contribution in [0.25, 0.3) is 0 Å². The number of hydrogen-bond donors (Lipinski definition) is 0. The highest BCUT2D eigenvalue weighted by Crippen LogP contribution is 2.64. The summed E-state index contributed by atoms with van der Waals surface area (Å²) in [5.74, 6) is 1.96. The Morgan fingerprint density at radius 1 is 1.05 bits per heavy atom. The highest BCUT2D eigenvalue weighted by atomic mass is 16.7. The third kappa shape index (κ3) is 2.30. The summed E-state index contributed by atoms with van der Waals surface area (Å²) < 4.78 is 12.7. The first-order valence-electron chi connectivity index (χ1n) is 8.46. The molecule has 0 spiro atoms. The van der Waals surface area contributed by atoms with E-state index in [1.54, 1.807) is 0 Å². The topological polar surface area (TPSA) is 35.5 Å². The summed E-state index contributed by atoms with van der Waals surface area (Å²) in [5, 5.41) is 0. The Kier molecular flexibility index (Phi) is 3.39. The second kappa shape index (κ2) is 4.58. The highest BCUT2D eigenvalue weighted by Gasteiger charge is 2.65. The van der Waals surface area contributed by atoms with Crippen molar-refractivity contribution in [3.05, 3.63) is 0 Å². The van der Waals surface area contributed by atoms with Crippen LogP contribution in [0.4, 0.5) is 0 Å². The summed E-state index contributed by atoms with van der Waals surface area (Å²) in [4.78, 5) is 11.8. The normalized spacial score (nSPS) is 31.4. The van der Waals surface area contributed by atoms with Gasteiger partial charge >= 0.3 is 7.12 Å². The van der Waals surface area contributed by atoms with Crippen LogP contribution in [0.5, 0.6) is 0 Å². The van der Waals surface area contributed by atoms with E-state index in [0.717, 1.165) is 12.8 Å². The van der Waals surface area contributed by atoms with E-state index >= 15 is 0 Å². The van der Waals surface area contributed by atoms with Crippen LogP contribution >= 0.6 is 0 Å². The van der Waals surface area contributed by atoms with Crippen LogP contribution < -0.4 is 0 Å². The van der Waals surface area contributed by atoms with Crippen LogP contribution in [0.3, 0.4) is 0 Å². The molecule has 118 valence electrons. The average molecular weight is 292 g/mol. The van der Waals surface area contributed by atoms with E-state index in [-0.39, 0.29) is 23.7 Å². The minimum absolute atomic E-state index is 0.0966. The zero-order valence-corrected chi connectivity index (χ0v) is 14.4. The molecule has 2 aliphatic carbocycles. The lowest BCUT2D eigenvalue weighted by molar-refractivity contribution is -0.137. The van der Waals surface area contributed by atoms with Gasteiger partial charge in [0, 0.05) is 18.7 Å². The predicted molar refractivity (Wildman–Crippen MR) is 84.1 cm³/mol. The van der Waals surface area contributed by atoms with Crippen LogP contribution in [0.1, 0.15) is 67.2 Å². The quantitative estimate of drug-likeness (QED) is 0.738. The number of ketones is 1. The molecule has 4 heteroatoms. The monoisotopic (exact) mass is 292 g/mol. The van der Waals surface area contributed by atoms with Gasteiger partial charge in [0.05, 0.1) is 11.2 Å². The van der Waals surface area contributed by atoms with E-state index in [1.807, 2.05) is 0 Å². The summed E-state index contributed by atoms with van der Waals surface area (Å²) in [6, 6.07) is 0. The number of hydrogen-bond acceptors (Lipinski definition) is 3. The van der Waals surface area contributed by atoms with Gasteiger partial charge in [0.1, 0.15) is 5.78 Å². The summed E-state index contributed by atoms with van der Waals surface area (Å²) in [7, 11) is -0.155. The third-order valence-electron chi connectivity index (χ3n) is 6.56. The summed E-state index contributed by atoms with van der Waals surface area (Å²) in [5.41, 5.74) is -0.465. The number of rotatable bonds is 4. The molecule has 0 amide bonds. The Hall–Kier alpha value is -0.345. The molecule has 21 heavy (non-hydrogen) atoms. The van der Waals surface area contributed by atoms with Gasteiger partial charge in [-0.25, -0.2) is 0 Å². The maximum atomic E-state index is 11.8. The third-order valence-corrected chi connectivity index (χ3v) is 6.56. The molecular weight excluding hydrogens is 263 g/mol. The summed E-state index contributed by atoms with van der Waals surface area (Å²) in [6.07, 6.45) is 3.96. The lowest BCUT2D eigenvalue weighted by Crippen LogP contribution is -2.51. The van der Waals surface area contributed by atoms with Gasteiger partial charge in [0.2, 0.25) is 0 Å². The van der Waals surface area contributed by atoms with Gasteiger partial charge in [0.25, 0.3) is 0 Å². The van der Waals surface area contributed by atoms with Crippen LogP contribution in [0, 0.1) is 17.3 Å². The molecule has 0 bridgehead atoms. The van der Waals surface area contributed by atoms with Gasteiger partial charge in [-0.3, -0.25) is 4.79 Å². The van der Waals surface area contributed by atoms with Crippen molar-refractivity contribution in [2.45, 2.75) is 84.2 Å². The van der Waals surface area contributed by atoms with Crippen molar-refractivity contribution in [1.82, 2.24) is 0 Å². The second-order valence-corrected chi connectivity index (χ2v) is 8.77. The molecule has 0 aromatic carbocycles. The van der Waals surface area contributed by atoms with Crippen LogP contribution in [-0.4, -0.2) is 24.1 Å². The van der Waals surface area contributed by atoms with Gasteiger partial charge < -0.3 is 9.31 Å². The molecule has 1 heterocycles. The minimum atomic E-state index is -0.281. The van der Waals surface area contributed by atoms with Gasteiger partial charge in [-0.05, 0) is 44.9 Å². The Bertz CT molecular complexity index is 427. The van der Waals surface area contributed by atoms with Gasteiger partial charge in [-0.15, -0.1) is 0 Å². The molecule has 0 aromatic rings. The van der Waals surface area contributed by atoms with E-state index in [1.165, 1.54) is 12.8 Å². The molecule has 3 nitrogen and oxygen atoms in total. The number of Topliss-reactive ketones (excluding diaryl/α,β-unsaturated/α-hetero) is 1. The molecule has 1 unspecified atom stereocenters. The fraction of sp³-hybridized carbons (Fsp3) is 0.941. The Labute approximate surface area is 129 Å². The van der Waals surface area contributed by atoms with Crippen molar-refractivity contribution >= 4 is 12.9 Å². The van der Waals surface area contributed by atoms with Gasteiger partial charge in [-0.1, -0.05) is 26.7 Å². The Balaban J connectivity index is 1.88. The van der Waals surface area contributed by atoms with E-state index in [2.05, 4.69) is 41.5 Å². The molecule has 3 rings (SSSR count). The van der Waals surface area contributed by atoms with Crippen LogP contribution in [-0.2, 0) is 14.1 Å². The largest absolute Gasteiger partial charge is 0.462 e. The van der Waals surface area contributed by atoms with E-state index < -0.39 is 0 Å². The molecule has 3 aliphatic rings. The number of carbonyl (C=O) groups excluding carboxylic acids is 1. The standard InChI is InChI=1S/C17H29BO3/c1-11(2)17(9-13(19)10-17)14(12-7-8-12)18-20-15(3,4)16(5,6)21-18/h11-12,14H,7-10H2,1-6H3. The van der Waals surface area contributed by atoms with Crippen LogP contribution in [0.2, 0.25) is 5.82 Å². The van der Waals surface area contributed by atoms with Crippen LogP contribution in [0.15, 0.2) is 0 Å². The van der Waals surface area contributed by atoms with Crippen molar-refractivity contribution < 1.29 is 14.1 Å². The Morgan fingerprint density at radius 3 is 1.86 bits per heavy atom. The first kappa shape index (κ1) is 15.5. The fourth-order valence-electron chi connectivity index (χ4n) is 4.16. The zero-order chi connectivity index (χ0) is 15.6. The second-order valence-electron chi connectivity index (χ2n) is 8.77. The van der Waals surface area contributed by atoms with Crippen molar-refractivity contribution in [3.63, 3.8) is 0 Å². The Morgan fingerprint density at radius 2 is 1.52 bits per heavy atom. The fourth-order valence-corrected chi connectivity index (χ4v) is 4.16. The molecule has 3 fully saturated rings. The lowest BCUT2D eigenvalue weighted by Gasteiger charge is -2.50. The first-order chi connectivity index (χ1) is 9.59. The van der Waals surface area contributed by atoms with Crippen molar-refractivity contribution in [1.29, 1.82) is 0 Å². The highest BCUT2D eigenvalue weighted by molar-refractivity contribution is 6.48. The lowest BCUT2D eigenvalue weighted by atomic mass is 9.44. The van der Waals surface area contributed by atoms with Gasteiger partial charge in [-0.2, -0.15) is 0 Å². The molecule has 0 aromatic heterocycles. The molecule has 0 N–H and O–H groups in total. The molecule has 2 saturated carbocycles. The van der Waals surface area contributed by atoms with E-state index in [9.17, 15) is 4.79 Å². The van der Waals surface area contributed by atoms with Gasteiger partial charge in [0.15, 0.2) is 0 Å². The molecular formula is C17H29BO3. The number of carbonyl (C=O) groups is 1. The summed E-state index contributed by atoms with van der Waals surface area (Å²) in [6.45, 7) is 13.0. The summed E-state index contributed by atoms with van der Waals surface area (Å²) >= 11 is 0. The van der Waals surface area contributed by atoms with Crippen molar-refractivity contribution in [3.8, 4) is 0 Å². The van der Waals surface area contributed by atoms with Crippen molar-refractivity contribution in [2.75, 3.05) is 0 Å². The maximum absolute atomic E-state index is 11.8. The average Bonchev–Trinajstić information content (AvgIpc) is 3.05. The minimum Gasteiger partial charge on any atom is -0.403 e. The zero-order valence-electron chi connectivity index (χ0n) is 14.4. The molecule has 1 atom stereocenters.